The number of fused-ring (bicyclic) bond motifs is 1. The monoisotopic (exact) mass is 355 g/mol. The highest BCUT2D eigenvalue weighted by atomic mass is 19.1. The number of hydrogen-bond acceptors (Lipinski definition) is 4. The summed E-state index contributed by atoms with van der Waals surface area (Å²) in [6, 6.07) is 9.39. The van der Waals surface area contributed by atoms with E-state index >= 15 is 0 Å². The summed E-state index contributed by atoms with van der Waals surface area (Å²) in [5.41, 5.74) is 1.82. The second-order valence-corrected chi connectivity index (χ2v) is 6.48. The first-order chi connectivity index (χ1) is 12.6. The minimum atomic E-state index is -0.408. The first-order valence-corrected chi connectivity index (χ1v) is 8.60. The molecule has 1 saturated heterocycles. The number of likely N-dealkylation sites (tertiary alicyclic amines) is 1. The molecule has 0 saturated carbocycles. The number of oxazole rings is 1. The molecule has 26 heavy (non-hydrogen) atoms. The number of hydrogen-bond donors (Lipinski definition) is 0. The van der Waals surface area contributed by atoms with E-state index in [9.17, 15) is 14.0 Å². The van der Waals surface area contributed by atoms with Crippen molar-refractivity contribution in [3.05, 3.63) is 64.5 Å². The standard InChI is InChI=1S/C19H18FN3O3/c20-14-5-3-13(4-6-14)12-17(24)22-10-7-15(8-11-22)23-18-16(26-19(23)25)2-1-9-21-18/h1-6,9,15H,7-8,10-12H2. The summed E-state index contributed by atoms with van der Waals surface area (Å²) < 4.78 is 19.8. The lowest BCUT2D eigenvalue weighted by atomic mass is 10.0. The molecule has 1 fully saturated rings. The Morgan fingerprint density at radius 2 is 1.92 bits per heavy atom. The van der Waals surface area contributed by atoms with Crippen LogP contribution in [0.25, 0.3) is 11.2 Å². The Hall–Kier alpha value is -2.96. The molecule has 1 aliphatic rings. The van der Waals surface area contributed by atoms with Gasteiger partial charge in [-0.2, -0.15) is 0 Å². The molecular formula is C19H18FN3O3. The van der Waals surface area contributed by atoms with E-state index in [2.05, 4.69) is 4.98 Å². The van der Waals surface area contributed by atoms with Crippen LogP contribution >= 0.6 is 0 Å². The SMILES string of the molecule is O=C(Cc1ccc(F)cc1)N1CCC(n2c(=O)oc3cccnc32)CC1. The minimum absolute atomic E-state index is 0.0116. The predicted molar refractivity (Wildman–Crippen MR) is 93.2 cm³/mol. The van der Waals surface area contributed by atoms with Gasteiger partial charge >= 0.3 is 5.76 Å². The van der Waals surface area contributed by atoms with Gasteiger partial charge in [-0.25, -0.2) is 14.2 Å². The van der Waals surface area contributed by atoms with E-state index in [4.69, 9.17) is 4.42 Å². The van der Waals surface area contributed by atoms with Crippen LogP contribution in [0.4, 0.5) is 4.39 Å². The van der Waals surface area contributed by atoms with E-state index in [-0.39, 0.29) is 24.2 Å². The number of pyridine rings is 1. The maximum atomic E-state index is 13.0. The molecule has 7 heteroatoms. The normalized spacial score (nSPS) is 15.5. The van der Waals surface area contributed by atoms with Crippen LogP contribution in [-0.2, 0) is 11.2 Å². The maximum absolute atomic E-state index is 13.0. The highest BCUT2D eigenvalue weighted by molar-refractivity contribution is 5.78. The highest BCUT2D eigenvalue weighted by Crippen LogP contribution is 2.25. The van der Waals surface area contributed by atoms with Gasteiger partial charge in [-0.3, -0.25) is 9.36 Å². The molecule has 0 radical (unpaired) electrons. The Kier molecular flexibility index (Phi) is 4.28. The van der Waals surface area contributed by atoms with E-state index in [0.29, 0.717) is 37.2 Å². The van der Waals surface area contributed by atoms with Crippen LogP contribution in [0.1, 0.15) is 24.4 Å². The number of carbonyl (C=O) groups is 1. The van der Waals surface area contributed by atoms with Crippen molar-refractivity contribution < 1.29 is 13.6 Å². The summed E-state index contributed by atoms with van der Waals surface area (Å²) in [5.74, 6) is -0.708. The second-order valence-electron chi connectivity index (χ2n) is 6.48. The van der Waals surface area contributed by atoms with Gasteiger partial charge in [0.25, 0.3) is 0 Å². The summed E-state index contributed by atoms with van der Waals surface area (Å²) in [6.07, 6.45) is 3.22. The Morgan fingerprint density at radius 1 is 1.19 bits per heavy atom. The lowest BCUT2D eigenvalue weighted by Gasteiger charge is -2.32. The average molecular weight is 355 g/mol. The fourth-order valence-electron chi connectivity index (χ4n) is 3.46. The molecule has 1 amide bonds. The van der Waals surface area contributed by atoms with E-state index < -0.39 is 5.76 Å². The van der Waals surface area contributed by atoms with Crippen LogP contribution in [0.5, 0.6) is 0 Å². The Balaban J connectivity index is 1.43. The van der Waals surface area contributed by atoms with Gasteiger partial charge in [0.05, 0.1) is 6.42 Å². The second kappa shape index (κ2) is 6.74. The van der Waals surface area contributed by atoms with Gasteiger partial charge in [0, 0.05) is 25.3 Å². The van der Waals surface area contributed by atoms with Crippen LogP contribution in [0.2, 0.25) is 0 Å². The van der Waals surface area contributed by atoms with Crippen molar-refractivity contribution in [2.45, 2.75) is 25.3 Å². The number of nitrogens with zero attached hydrogens (tertiary/aromatic N) is 3. The number of halogens is 1. The smallest absolute Gasteiger partial charge is 0.406 e. The van der Waals surface area contributed by atoms with Gasteiger partial charge in [0.2, 0.25) is 5.91 Å². The molecule has 0 spiro atoms. The summed E-state index contributed by atoms with van der Waals surface area (Å²) in [7, 11) is 0. The molecule has 3 aromatic rings. The highest BCUT2D eigenvalue weighted by Gasteiger charge is 2.27. The molecule has 0 aliphatic carbocycles. The Morgan fingerprint density at radius 3 is 2.65 bits per heavy atom. The van der Waals surface area contributed by atoms with Crippen molar-refractivity contribution in [3.63, 3.8) is 0 Å². The number of benzene rings is 1. The number of rotatable bonds is 3. The Labute approximate surface area is 148 Å². The van der Waals surface area contributed by atoms with Crippen molar-refractivity contribution in [2.24, 2.45) is 0 Å². The summed E-state index contributed by atoms with van der Waals surface area (Å²) in [4.78, 5) is 30.7. The third kappa shape index (κ3) is 3.12. The zero-order valence-electron chi connectivity index (χ0n) is 14.1. The summed E-state index contributed by atoms with van der Waals surface area (Å²) in [5, 5.41) is 0. The Bertz CT molecular complexity index is 985. The lowest BCUT2D eigenvalue weighted by Crippen LogP contribution is -2.41. The van der Waals surface area contributed by atoms with Crippen molar-refractivity contribution in [1.29, 1.82) is 0 Å². The van der Waals surface area contributed by atoms with Crippen LogP contribution in [0.15, 0.2) is 51.8 Å². The van der Waals surface area contributed by atoms with Gasteiger partial charge in [0.1, 0.15) is 5.82 Å². The number of carbonyl (C=O) groups excluding carboxylic acids is 1. The van der Waals surface area contributed by atoms with Crippen LogP contribution in [0, 0.1) is 5.82 Å². The quantitative estimate of drug-likeness (QED) is 0.724. The van der Waals surface area contributed by atoms with Gasteiger partial charge < -0.3 is 9.32 Å². The predicted octanol–water partition coefficient (Wildman–Crippen LogP) is 2.53. The first kappa shape index (κ1) is 16.5. The molecule has 1 aliphatic heterocycles. The summed E-state index contributed by atoms with van der Waals surface area (Å²) in [6.45, 7) is 1.13. The molecule has 0 unspecified atom stereocenters. The number of amides is 1. The largest absolute Gasteiger partial charge is 0.421 e. The molecule has 0 N–H and O–H groups in total. The third-order valence-electron chi connectivity index (χ3n) is 4.82. The van der Waals surface area contributed by atoms with Gasteiger partial charge in [-0.15, -0.1) is 0 Å². The van der Waals surface area contributed by atoms with E-state index in [0.717, 1.165) is 5.56 Å². The fourth-order valence-corrected chi connectivity index (χ4v) is 3.46. The van der Waals surface area contributed by atoms with Crippen LogP contribution < -0.4 is 5.76 Å². The molecule has 134 valence electrons. The van der Waals surface area contributed by atoms with E-state index in [1.165, 1.54) is 12.1 Å². The number of aromatic nitrogens is 2. The molecule has 0 atom stereocenters. The topological polar surface area (TPSA) is 68.3 Å². The molecule has 0 bridgehead atoms. The molecule has 2 aromatic heterocycles. The third-order valence-corrected chi connectivity index (χ3v) is 4.82. The van der Waals surface area contributed by atoms with Crippen molar-refractivity contribution in [2.75, 3.05) is 13.1 Å². The molecule has 4 rings (SSSR count). The zero-order chi connectivity index (χ0) is 18.1. The number of piperidine rings is 1. The van der Waals surface area contributed by atoms with Crippen molar-refractivity contribution in [1.82, 2.24) is 14.5 Å². The molecular weight excluding hydrogens is 337 g/mol. The van der Waals surface area contributed by atoms with E-state index in [1.807, 2.05) is 0 Å². The maximum Gasteiger partial charge on any atom is 0.421 e. The van der Waals surface area contributed by atoms with Crippen LogP contribution in [-0.4, -0.2) is 33.4 Å². The zero-order valence-corrected chi connectivity index (χ0v) is 14.1. The van der Waals surface area contributed by atoms with E-state index in [1.54, 1.807) is 39.9 Å². The molecule has 6 nitrogen and oxygen atoms in total. The molecule has 3 heterocycles. The van der Waals surface area contributed by atoms with Gasteiger partial charge in [0.15, 0.2) is 11.2 Å². The van der Waals surface area contributed by atoms with Crippen molar-refractivity contribution in [3.8, 4) is 0 Å². The van der Waals surface area contributed by atoms with Gasteiger partial charge in [-0.1, -0.05) is 12.1 Å². The molecule has 1 aromatic carbocycles. The lowest BCUT2D eigenvalue weighted by molar-refractivity contribution is -0.131. The van der Waals surface area contributed by atoms with Gasteiger partial charge in [-0.05, 0) is 42.7 Å². The van der Waals surface area contributed by atoms with Crippen LogP contribution in [0.3, 0.4) is 0 Å². The average Bonchev–Trinajstić information content (AvgIpc) is 2.99. The summed E-state index contributed by atoms with van der Waals surface area (Å²) >= 11 is 0. The van der Waals surface area contributed by atoms with Crippen molar-refractivity contribution >= 4 is 17.1 Å². The minimum Gasteiger partial charge on any atom is -0.406 e. The first-order valence-electron chi connectivity index (χ1n) is 8.60. The fraction of sp³-hybridized carbons (Fsp3) is 0.316.